The molecule has 18 heavy (non-hydrogen) atoms. The molecule has 1 aromatic rings. The Morgan fingerprint density at radius 1 is 1.28 bits per heavy atom. The third-order valence-electron chi connectivity index (χ3n) is 3.53. The average molecular weight is 269 g/mol. The number of rotatable bonds is 4. The fourth-order valence-electron chi connectivity index (χ4n) is 2.30. The van der Waals surface area contributed by atoms with Crippen LogP contribution in [-0.4, -0.2) is 33.6 Å². The van der Waals surface area contributed by atoms with Gasteiger partial charge in [-0.05, 0) is 32.0 Å². The van der Waals surface area contributed by atoms with Crippen LogP contribution in [0.1, 0.15) is 12.8 Å². The van der Waals surface area contributed by atoms with Crippen LogP contribution in [0.5, 0.6) is 11.5 Å². The van der Waals surface area contributed by atoms with E-state index in [0.29, 0.717) is 35.8 Å². The normalized spacial score (nSPS) is 19.8. The molecule has 1 saturated carbocycles. The Hall–Kier alpha value is -1.27. The van der Waals surface area contributed by atoms with Gasteiger partial charge in [0.25, 0.3) is 0 Å². The number of nitrogens with one attached hydrogen (secondary N) is 1. The number of hydrogen-bond acceptors (Lipinski definition) is 5. The fraction of sp³-hybridized carbons (Fsp3) is 0.500. The highest BCUT2D eigenvalue weighted by Gasteiger charge is 2.54. The lowest BCUT2D eigenvalue weighted by molar-refractivity contribution is 0.174. The number of hydrogen-bond donors (Lipinski definition) is 1. The minimum absolute atomic E-state index is 0.153. The van der Waals surface area contributed by atoms with E-state index in [-0.39, 0.29) is 6.79 Å². The number of fused-ring (bicyclic) bond motifs is 1. The molecule has 98 valence electrons. The highest BCUT2D eigenvalue weighted by molar-refractivity contribution is 7.93. The molecule has 0 bridgehead atoms. The van der Waals surface area contributed by atoms with Gasteiger partial charge in [-0.2, -0.15) is 0 Å². The van der Waals surface area contributed by atoms with Crippen molar-refractivity contribution in [2.45, 2.75) is 22.5 Å². The van der Waals surface area contributed by atoms with Crippen molar-refractivity contribution in [1.82, 2.24) is 5.32 Å². The molecule has 0 unspecified atom stereocenters. The van der Waals surface area contributed by atoms with Crippen LogP contribution in [0.25, 0.3) is 0 Å². The largest absolute Gasteiger partial charge is 0.454 e. The average Bonchev–Trinajstić information content (AvgIpc) is 3.00. The lowest BCUT2D eigenvalue weighted by atomic mass is 10.3. The molecule has 1 fully saturated rings. The molecule has 0 radical (unpaired) electrons. The van der Waals surface area contributed by atoms with Crippen LogP contribution in [-0.2, 0) is 9.84 Å². The van der Waals surface area contributed by atoms with Crippen LogP contribution in [0.15, 0.2) is 23.1 Å². The van der Waals surface area contributed by atoms with E-state index in [4.69, 9.17) is 9.47 Å². The molecular weight excluding hydrogens is 254 g/mol. The van der Waals surface area contributed by atoms with E-state index in [1.807, 2.05) is 0 Å². The Morgan fingerprint density at radius 2 is 2.00 bits per heavy atom. The SMILES string of the molecule is CNCC1(S(=O)(=O)c2ccc3c(c2)OCO3)CC1. The van der Waals surface area contributed by atoms with Crippen molar-refractivity contribution in [3.05, 3.63) is 18.2 Å². The maximum Gasteiger partial charge on any atom is 0.231 e. The molecule has 3 rings (SSSR count). The van der Waals surface area contributed by atoms with Crippen LogP contribution in [0.4, 0.5) is 0 Å². The zero-order valence-electron chi connectivity index (χ0n) is 10.1. The summed E-state index contributed by atoms with van der Waals surface area (Å²) < 4.78 is 34.9. The van der Waals surface area contributed by atoms with Gasteiger partial charge in [0.2, 0.25) is 6.79 Å². The van der Waals surface area contributed by atoms with Gasteiger partial charge >= 0.3 is 0 Å². The van der Waals surface area contributed by atoms with Crippen molar-refractivity contribution in [3.8, 4) is 11.5 Å². The Labute approximate surface area is 106 Å². The second kappa shape index (κ2) is 3.86. The molecule has 0 saturated heterocycles. The van der Waals surface area contributed by atoms with Crippen molar-refractivity contribution in [1.29, 1.82) is 0 Å². The van der Waals surface area contributed by atoms with Crippen molar-refractivity contribution in [3.63, 3.8) is 0 Å². The van der Waals surface area contributed by atoms with E-state index in [9.17, 15) is 8.42 Å². The number of sulfone groups is 1. The smallest absolute Gasteiger partial charge is 0.231 e. The summed E-state index contributed by atoms with van der Waals surface area (Å²) in [5.41, 5.74) is 0. The first-order valence-corrected chi connectivity index (χ1v) is 7.36. The molecule has 5 nitrogen and oxygen atoms in total. The topological polar surface area (TPSA) is 64.6 Å². The summed E-state index contributed by atoms with van der Waals surface area (Å²) in [6.45, 7) is 0.643. The van der Waals surface area contributed by atoms with Gasteiger partial charge in [-0.1, -0.05) is 0 Å². The van der Waals surface area contributed by atoms with Gasteiger partial charge in [0.1, 0.15) is 0 Å². The predicted octanol–water partition coefficient (Wildman–Crippen LogP) is 0.941. The molecule has 6 heteroatoms. The summed E-state index contributed by atoms with van der Waals surface area (Å²) in [7, 11) is -1.54. The maximum absolute atomic E-state index is 12.6. The highest BCUT2D eigenvalue weighted by atomic mass is 32.2. The molecule has 0 aromatic heterocycles. The van der Waals surface area contributed by atoms with E-state index < -0.39 is 14.6 Å². The Bertz CT molecular complexity index is 578. The maximum atomic E-state index is 12.6. The van der Waals surface area contributed by atoms with Crippen LogP contribution in [0.2, 0.25) is 0 Å². The summed E-state index contributed by atoms with van der Waals surface area (Å²) in [5, 5.41) is 2.96. The summed E-state index contributed by atoms with van der Waals surface area (Å²) in [4.78, 5) is 0.319. The Balaban J connectivity index is 2.00. The van der Waals surface area contributed by atoms with Gasteiger partial charge in [-0.3, -0.25) is 0 Å². The molecular formula is C12H15NO4S. The van der Waals surface area contributed by atoms with E-state index in [2.05, 4.69) is 5.32 Å². The van der Waals surface area contributed by atoms with Crippen LogP contribution in [0, 0.1) is 0 Å². The standard InChI is InChI=1S/C12H15NO4S/c1-13-7-12(4-5-12)18(14,15)9-2-3-10-11(6-9)17-8-16-10/h2-3,6,13H,4-5,7-8H2,1H3. The summed E-state index contributed by atoms with van der Waals surface area (Å²) in [6.07, 6.45) is 1.43. The molecule has 1 aromatic carbocycles. The third-order valence-corrected chi connectivity index (χ3v) is 6.10. The monoisotopic (exact) mass is 269 g/mol. The minimum Gasteiger partial charge on any atom is -0.454 e. The van der Waals surface area contributed by atoms with Gasteiger partial charge in [-0.25, -0.2) is 8.42 Å². The lowest BCUT2D eigenvalue weighted by Crippen LogP contribution is -2.33. The first-order valence-electron chi connectivity index (χ1n) is 5.88. The minimum atomic E-state index is -3.31. The van der Waals surface area contributed by atoms with Crippen LogP contribution in [0.3, 0.4) is 0 Å². The van der Waals surface area contributed by atoms with Gasteiger partial charge in [0, 0.05) is 12.6 Å². The predicted molar refractivity (Wildman–Crippen MR) is 65.6 cm³/mol. The molecule has 0 atom stereocenters. The van der Waals surface area contributed by atoms with E-state index in [1.165, 1.54) is 0 Å². The van der Waals surface area contributed by atoms with Gasteiger partial charge in [-0.15, -0.1) is 0 Å². The van der Waals surface area contributed by atoms with Crippen molar-refractivity contribution >= 4 is 9.84 Å². The Morgan fingerprint density at radius 3 is 2.67 bits per heavy atom. The van der Waals surface area contributed by atoms with Crippen molar-refractivity contribution in [2.75, 3.05) is 20.4 Å². The zero-order valence-corrected chi connectivity index (χ0v) is 10.9. The van der Waals surface area contributed by atoms with Gasteiger partial charge in [0.15, 0.2) is 21.3 Å². The molecule has 0 amide bonds. The quantitative estimate of drug-likeness (QED) is 0.881. The second-order valence-electron chi connectivity index (χ2n) is 4.73. The molecule has 1 aliphatic heterocycles. The molecule has 1 heterocycles. The zero-order chi connectivity index (χ0) is 12.8. The van der Waals surface area contributed by atoms with Gasteiger partial charge < -0.3 is 14.8 Å². The Kier molecular flexibility index (Phi) is 2.53. The number of ether oxygens (including phenoxy) is 2. The highest BCUT2D eigenvalue weighted by Crippen LogP contribution is 2.47. The first kappa shape index (κ1) is 11.8. The molecule has 1 aliphatic carbocycles. The fourth-order valence-corrected chi connectivity index (χ4v) is 4.28. The second-order valence-corrected chi connectivity index (χ2v) is 7.08. The van der Waals surface area contributed by atoms with Gasteiger partial charge in [0.05, 0.1) is 9.64 Å². The first-order chi connectivity index (χ1) is 8.59. The van der Waals surface area contributed by atoms with Crippen molar-refractivity contribution < 1.29 is 17.9 Å². The van der Waals surface area contributed by atoms with E-state index in [1.54, 1.807) is 25.2 Å². The van der Waals surface area contributed by atoms with Crippen LogP contribution >= 0.6 is 0 Å². The number of benzene rings is 1. The molecule has 1 N–H and O–H groups in total. The van der Waals surface area contributed by atoms with Crippen LogP contribution < -0.4 is 14.8 Å². The lowest BCUT2D eigenvalue weighted by Gasteiger charge is -2.16. The van der Waals surface area contributed by atoms with E-state index in [0.717, 1.165) is 0 Å². The summed E-state index contributed by atoms with van der Waals surface area (Å²) in [5.74, 6) is 1.11. The summed E-state index contributed by atoms with van der Waals surface area (Å²) in [6, 6.07) is 4.82. The molecule has 0 spiro atoms. The van der Waals surface area contributed by atoms with Crippen molar-refractivity contribution in [2.24, 2.45) is 0 Å². The van der Waals surface area contributed by atoms with E-state index >= 15 is 0 Å². The molecule has 2 aliphatic rings. The summed E-state index contributed by atoms with van der Waals surface area (Å²) >= 11 is 0. The third kappa shape index (κ3) is 1.59.